The molecule has 1 aromatic rings. The third-order valence-electron chi connectivity index (χ3n) is 4.62. The van der Waals surface area contributed by atoms with Gasteiger partial charge in [0.05, 0.1) is 5.92 Å². The average Bonchev–Trinajstić information content (AvgIpc) is 2.34. The zero-order valence-electron chi connectivity index (χ0n) is 11.0. The van der Waals surface area contributed by atoms with E-state index in [-0.39, 0.29) is 11.9 Å². The fourth-order valence-corrected chi connectivity index (χ4v) is 3.63. The van der Waals surface area contributed by atoms with E-state index in [2.05, 4.69) is 0 Å². The van der Waals surface area contributed by atoms with E-state index in [0.717, 1.165) is 31.2 Å². The van der Waals surface area contributed by atoms with E-state index < -0.39 is 0 Å². The van der Waals surface area contributed by atoms with Crippen molar-refractivity contribution in [3.05, 3.63) is 35.9 Å². The fraction of sp³-hybridized carbons (Fsp3) is 0.562. The third-order valence-corrected chi connectivity index (χ3v) is 4.62. The summed E-state index contributed by atoms with van der Waals surface area (Å²) in [5.74, 6) is 0.506. The van der Waals surface area contributed by atoms with E-state index >= 15 is 0 Å². The van der Waals surface area contributed by atoms with Crippen LogP contribution in [-0.2, 0) is 16.1 Å². The summed E-state index contributed by atoms with van der Waals surface area (Å²) in [5, 5.41) is 9.03. The molecule has 0 atom stereocenters. The van der Waals surface area contributed by atoms with Gasteiger partial charge in [-0.3, -0.25) is 4.79 Å². The number of benzene rings is 1. The Bertz CT molecular complexity index is 440. The predicted molar refractivity (Wildman–Crippen MR) is 71.2 cm³/mol. The van der Waals surface area contributed by atoms with Crippen LogP contribution in [0.3, 0.4) is 0 Å². The zero-order chi connectivity index (χ0) is 13.3. The van der Waals surface area contributed by atoms with Crippen molar-refractivity contribution in [2.75, 3.05) is 6.61 Å². The lowest BCUT2D eigenvalue weighted by Crippen LogP contribution is -2.50. The number of rotatable bonds is 4. The Kier molecular flexibility index (Phi) is 3.31. The molecule has 1 N–H and O–H groups in total. The van der Waals surface area contributed by atoms with E-state index in [4.69, 9.17) is 9.84 Å². The van der Waals surface area contributed by atoms with Gasteiger partial charge in [-0.05, 0) is 42.6 Å². The van der Waals surface area contributed by atoms with Crippen molar-refractivity contribution in [3.8, 4) is 0 Å². The lowest BCUT2D eigenvalue weighted by molar-refractivity contribution is -0.167. The highest BCUT2D eigenvalue weighted by Gasteiger charge is 2.54. The lowest BCUT2D eigenvalue weighted by Gasteiger charge is -2.56. The third kappa shape index (κ3) is 2.52. The van der Waals surface area contributed by atoms with Crippen molar-refractivity contribution in [2.24, 2.45) is 17.3 Å². The van der Waals surface area contributed by atoms with Gasteiger partial charge >= 0.3 is 5.97 Å². The fourth-order valence-electron chi connectivity index (χ4n) is 3.63. The molecule has 0 unspecified atom stereocenters. The summed E-state index contributed by atoms with van der Waals surface area (Å²) in [6.45, 7) is 0.674. The Labute approximate surface area is 113 Å². The van der Waals surface area contributed by atoms with Crippen molar-refractivity contribution in [2.45, 2.75) is 32.3 Å². The molecule has 0 heterocycles. The maximum Gasteiger partial charge on any atom is 0.309 e. The quantitative estimate of drug-likeness (QED) is 0.846. The molecule has 19 heavy (non-hydrogen) atoms. The number of carbonyl (C=O) groups excluding carboxylic acids is 1. The number of aliphatic hydroxyl groups is 1. The minimum absolute atomic E-state index is 0.0538. The van der Waals surface area contributed by atoms with E-state index in [9.17, 15) is 4.79 Å². The van der Waals surface area contributed by atoms with E-state index in [1.165, 1.54) is 0 Å². The molecule has 2 fully saturated rings. The molecule has 102 valence electrons. The normalized spacial score (nSPS) is 32.5. The van der Waals surface area contributed by atoms with Gasteiger partial charge in [0.1, 0.15) is 6.61 Å². The molecule has 3 rings (SSSR count). The summed E-state index contributed by atoms with van der Waals surface area (Å²) < 4.78 is 5.36. The highest BCUT2D eigenvalue weighted by Crippen LogP contribution is 2.61. The highest BCUT2D eigenvalue weighted by molar-refractivity contribution is 5.74. The van der Waals surface area contributed by atoms with Crippen molar-refractivity contribution in [3.63, 3.8) is 0 Å². The first-order valence-electron chi connectivity index (χ1n) is 7.02. The summed E-state index contributed by atoms with van der Waals surface area (Å²) >= 11 is 0. The Hall–Kier alpha value is -1.35. The zero-order valence-corrected chi connectivity index (χ0v) is 11.0. The molecule has 1 aromatic carbocycles. The summed E-state index contributed by atoms with van der Waals surface area (Å²) in [6.07, 6.45) is 4.09. The van der Waals surface area contributed by atoms with Gasteiger partial charge in [-0.2, -0.15) is 0 Å². The Balaban J connectivity index is 1.41. The smallest absolute Gasteiger partial charge is 0.309 e. The maximum absolute atomic E-state index is 11.9. The standard InChI is InChI=1S/C16H20O3/c17-10-13-6-16(7-13)8-14(9-16)15(18)19-11-12-4-2-1-3-5-12/h1-5,13-14,17H,6-11H2. The van der Waals surface area contributed by atoms with Crippen molar-refractivity contribution in [1.82, 2.24) is 0 Å². The Morgan fingerprint density at radius 2 is 1.89 bits per heavy atom. The summed E-state index contributed by atoms with van der Waals surface area (Å²) in [6, 6.07) is 9.78. The maximum atomic E-state index is 11.9. The molecule has 2 saturated carbocycles. The van der Waals surface area contributed by atoms with E-state index in [1.807, 2.05) is 30.3 Å². The molecule has 3 heteroatoms. The van der Waals surface area contributed by atoms with Crippen LogP contribution in [0.4, 0.5) is 0 Å². The predicted octanol–water partition coefficient (Wildman–Crippen LogP) is 2.53. The van der Waals surface area contributed by atoms with Crippen LogP contribution in [0.2, 0.25) is 0 Å². The van der Waals surface area contributed by atoms with Crippen LogP contribution in [0.1, 0.15) is 31.2 Å². The molecule has 2 aliphatic carbocycles. The topological polar surface area (TPSA) is 46.5 Å². The number of hydrogen-bond acceptors (Lipinski definition) is 3. The van der Waals surface area contributed by atoms with Gasteiger partial charge in [-0.15, -0.1) is 0 Å². The molecule has 0 bridgehead atoms. The van der Waals surface area contributed by atoms with Crippen LogP contribution in [-0.4, -0.2) is 17.7 Å². The number of carbonyl (C=O) groups is 1. The largest absolute Gasteiger partial charge is 0.461 e. The number of aliphatic hydroxyl groups excluding tert-OH is 1. The van der Waals surface area contributed by atoms with Gasteiger partial charge in [0.2, 0.25) is 0 Å². The van der Waals surface area contributed by atoms with Gasteiger partial charge in [0.25, 0.3) is 0 Å². The second-order valence-electron chi connectivity index (χ2n) is 6.16. The average molecular weight is 260 g/mol. The van der Waals surface area contributed by atoms with E-state index in [1.54, 1.807) is 0 Å². The molecule has 0 aliphatic heterocycles. The summed E-state index contributed by atoms with van der Waals surface area (Å²) in [4.78, 5) is 11.9. The van der Waals surface area contributed by atoms with Crippen LogP contribution in [0, 0.1) is 17.3 Å². The molecular weight excluding hydrogens is 240 g/mol. The SMILES string of the molecule is O=C(OCc1ccccc1)C1CC2(CC(CO)C2)C1. The molecule has 0 aromatic heterocycles. The molecule has 0 saturated heterocycles. The van der Waals surface area contributed by atoms with Crippen LogP contribution >= 0.6 is 0 Å². The van der Waals surface area contributed by atoms with Crippen molar-refractivity contribution >= 4 is 5.97 Å². The van der Waals surface area contributed by atoms with Gasteiger partial charge in [-0.1, -0.05) is 30.3 Å². The first-order chi connectivity index (χ1) is 9.21. The van der Waals surface area contributed by atoms with Gasteiger partial charge < -0.3 is 9.84 Å². The minimum atomic E-state index is -0.0538. The van der Waals surface area contributed by atoms with Crippen LogP contribution < -0.4 is 0 Å². The van der Waals surface area contributed by atoms with Crippen LogP contribution in [0.5, 0.6) is 0 Å². The van der Waals surface area contributed by atoms with Gasteiger partial charge in [-0.25, -0.2) is 0 Å². The van der Waals surface area contributed by atoms with Crippen molar-refractivity contribution in [1.29, 1.82) is 0 Å². The molecule has 1 spiro atoms. The first kappa shape index (κ1) is 12.7. The number of ether oxygens (including phenoxy) is 1. The number of esters is 1. The highest BCUT2D eigenvalue weighted by atomic mass is 16.5. The molecule has 0 radical (unpaired) electrons. The van der Waals surface area contributed by atoms with Crippen molar-refractivity contribution < 1.29 is 14.6 Å². The molecule has 2 aliphatic rings. The minimum Gasteiger partial charge on any atom is -0.461 e. The monoisotopic (exact) mass is 260 g/mol. The molecular formula is C16H20O3. The molecule has 3 nitrogen and oxygen atoms in total. The second-order valence-corrected chi connectivity index (χ2v) is 6.16. The van der Waals surface area contributed by atoms with E-state index in [0.29, 0.717) is 24.5 Å². The molecule has 0 amide bonds. The van der Waals surface area contributed by atoms with Gasteiger partial charge in [0.15, 0.2) is 0 Å². The Morgan fingerprint density at radius 1 is 1.21 bits per heavy atom. The second kappa shape index (κ2) is 4.97. The van der Waals surface area contributed by atoms with Crippen LogP contribution in [0.15, 0.2) is 30.3 Å². The Morgan fingerprint density at radius 3 is 2.53 bits per heavy atom. The first-order valence-corrected chi connectivity index (χ1v) is 7.02. The summed E-state index contributed by atoms with van der Waals surface area (Å²) in [7, 11) is 0. The summed E-state index contributed by atoms with van der Waals surface area (Å²) in [5.41, 5.74) is 1.40. The lowest BCUT2D eigenvalue weighted by atomic mass is 9.48. The van der Waals surface area contributed by atoms with Crippen LogP contribution in [0.25, 0.3) is 0 Å². The number of hydrogen-bond donors (Lipinski definition) is 1. The van der Waals surface area contributed by atoms with Gasteiger partial charge in [0, 0.05) is 6.61 Å².